The standard InChI is InChI=1S/C21H28N2O4S/c1-15-11-16(2)13-19(12-15)23(28(5,25)26)14-21(24)22-9-10-27-20-8-6-7-17(3)18(20)4/h6-8,11-13H,9-10,14H2,1-5H3,(H,22,24). The quantitative estimate of drug-likeness (QED) is 0.687. The highest BCUT2D eigenvalue weighted by Crippen LogP contribution is 2.21. The average Bonchev–Trinajstić information content (AvgIpc) is 2.58. The fraction of sp³-hybridized carbons (Fsp3) is 0.381. The van der Waals surface area contributed by atoms with E-state index in [-0.39, 0.29) is 19.0 Å². The molecule has 0 atom stereocenters. The highest BCUT2D eigenvalue weighted by atomic mass is 32.2. The number of anilines is 1. The van der Waals surface area contributed by atoms with Crippen LogP contribution in [-0.2, 0) is 14.8 Å². The Morgan fingerprint density at radius 2 is 1.71 bits per heavy atom. The molecule has 0 saturated carbocycles. The molecule has 0 heterocycles. The summed E-state index contributed by atoms with van der Waals surface area (Å²) in [6, 6.07) is 11.3. The van der Waals surface area contributed by atoms with Crippen molar-refractivity contribution in [1.82, 2.24) is 5.32 Å². The molecule has 2 aromatic carbocycles. The van der Waals surface area contributed by atoms with E-state index >= 15 is 0 Å². The molecular formula is C21H28N2O4S. The number of benzene rings is 2. The molecule has 0 aliphatic rings. The number of hydrogen-bond donors (Lipinski definition) is 1. The fourth-order valence-electron chi connectivity index (χ4n) is 2.91. The van der Waals surface area contributed by atoms with Crippen LogP contribution in [0.15, 0.2) is 36.4 Å². The number of sulfonamides is 1. The monoisotopic (exact) mass is 404 g/mol. The number of nitrogens with zero attached hydrogens (tertiary/aromatic N) is 1. The summed E-state index contributed by atoms with van der Waals surface area (Å²) in [5, 5.41) is 2.72. The molecule has 152 valence electrons. The average molecular weight is 405 g/mol. The molecule has 0 fully saturated rings. The van der Waals surface area contributed by atoms with Gasteiger partial charge < -0.3 is 10.1 Å². The maximum Gasteiger partial charge on any atom is 0.240 e. The largest absolute Gasteiger partial charge is 0.491 e. The van der Waals surface area contributed by atoms with E-state index in [1.807, 2.05) is 52.0 Å². The molecule has 2 rings (SSSR count). The van der Waals surface area contributed by atoms with E-state index in [0.29, 0.717) is 12.3 Å². The van der Waals surface area contributed by atoms with Crippen molar-refractivity contribution in [2.24, 2.45) is 0 Å². The lowest BCUT2D eigenvalue weighted by Crippen LogP contribution is -2.41. The van der Waals surface area contributed by atoms with Gasteiger partial charge in [-0.05, 0) is 68.1 Å². The van der Waals surface area contributed by atoms with Crippen LogP contribution in [0.2, 0.25) is 0 Å². The third-order valence-electron chi connectivity index (χ3n) is 4.42. The van der Waals surface area contributed by atoms with Crippen molar-refractivity contribution in [2.75, 3.05) is 30.3 Å². The molecule has 28 heavy (non-hydrogen) atoms. The highest BCUT2D eigenvalue weighted by molar-refractivity contribution is 7.92. The number of nitrogens with one attached hydrogen (secondary N) is 1. The Hall–Kier alpha value is -2.54. The first kappa shape index (κ1) is 21.8. The minimum Gasteiger partial charge on any atom is -0.491 e. The van der Waals surface area contributed by atoms with Crippen LogP contribution < -0.4 is 14.4 Å². The lowest BCUT2D eigenvalue weighted by Gasteiger charge is -2.23. The van der Waals surface area contributed by atoms with E-state index in [4.69, 9.17) is 4.74 Å². The van der Waals surface area contributed by atoms with E-state index in [1.54, 1.807) is 12.1 Å². The van der Waals surface area contributed by atoms with Crippen LogP contribution in [0.25, 0.3) is 0 Å². The predicted molar refractivity (Wildman–Crippen MR) is 113 cm³/mol. The van der Waals surface area contributed by atoms with Crippen LogP contribution in [0.3, 0.4) is 0 Å². The lowest BCUT2D eigenvalue weighted by atomic mass is 10.1. The van der Waals surface area contributed by atoms with Crippen molar-refractivity contribution in [3.05, 3.63) is 58.7 Å². The van der Waals surface area contributed by atoms with Crippen molar-refractivity contribution in [1.29, 1.82) is 0 Å². The van der Waals surface area contributed by atoms with Gasteiger partial charge in [-0.25, -0.2) is 8.42 Å². The maximum atomic E-state index is 12.3. The zero-order valence-corrected chi connectivity index (χ0v) is 17.9. The van der Waals surface area contributed by atoms with Gasteiger partial charge in [0.25, 0.3) is 0 Å². The Kier molecular flexibility index (Phi) is 7.07. The van der Waals surface area contributed by atoms with Crippen molar-refractivity contribution in [3.8, 4) is 5.75 Å². The van der Waals surface area contributed by atoms with Gasteiger partial charge in [-0.2, -0.15) is 0 Å². The molecule has 0 spiro atoms. The van der Waals surface area contributed by atoms with Crippen LogP contribution in [0.4, 0.5) is 5.69 Å². The van der Waals surface area contributed by atoms with Crippen LogP contribution in [0.1, 0.15) is 22.3 Å². The van der Waals surface area contributed by atoms with E-state index < -0.39 is 10.0 Å². The molecule has 1 amide bonds. The van der Waals surface area contributed by atoms with E-state index in [1.165, 1.54) is 0 Å². The SMILES string of the molecule is Cc1cc(C)cc(N(CC(=O)NCCOc2cccc(C)c2C)S(C)(=O)=O)c1. The number of rotatable bonds is 8. The van der Waals surface area contributed by atoms with Gasteiger partial charge >= 0.3 is 0 Å². The van der Waals surface area contributed by atoms with E-state index in [2.05, 4.69) is 5.32 Å². The number of amides is 1. The summed E-state index contributed by atoms with van der Waals surface area (Å²) in [6.07, 6.45) is 1.10. The molecule has 0 aromatic heterocycles. The van der Waals surface area contributed by atoms with Gasteiger partial charge in [0.05, 0.1) is 18.5 Å². The van der Waals surface area contributed by atoms with Gasteiger partial charge in [-0.1, -0.05) is 18.2 Å². The van der Waals surface area contributed by atoms with Crippen molar-refractivity contribution in [3.63, 3.8) is 0 Å². The van der Waals surface area contributed by atoms with Crippen molar-refractivity contribution >= 4 is 21.6 Å². The Bertz CT molecular complexity index is 935. The summed E-state index contributed by atoms with van der Waals surface area (Å²) < 4.78 is 31.2. The summed E-state index contributed by atoms with van der Waals surface area (Å²) in [5.74, 6) is 0.399. The zero-order valence-electron chi connectivity index (χ0n) is 17.1. The summed E-state index contributed by atoms with van der Waals surface area (Å²) in [7, 11) is -3.59. The Morgan fingerprint density at radius 3 is 2.32 bits per heavy atom. The van der Waals surface area contributed by atoms with Gasteiger partial charge in [0.1, 0.15) is 18.9 Å². The summed E-state index contributed by atoms with van der Waals surface area (Å²) in [4.78, 5) is 12.3. The molecular weight excluding hydrogens is 376 g/mol. The van der Waals surface area contributed by atoms with Gasteiger partial charge in [-0.15, -0.1) is 0 Å². The molecule has 0 bridgehead atoms. The second-order valence-electron chi connectivity index (χ2n) is 7.01. The third-order valence-corrected chi connectivity index (χ3v) is 5.56. The maximum absolute atomic E-state index is 12.3. The van der Waals surface area contributed by atoms with E-state index in [9.17, 15) is 13.2 Å². The normalized spacial score (nSPS) is 11.2. The summed E-state index contributed by atoms with van der Waals surface area (Å²) in [6.45, 7) is 8.09. The highest BCUT2D eigenvalue weighted by Gasteiger charge is 2.21. The van der Waals surface area contributed by atoms with Crippen LogP contribution in [-0.4, -0.2) is 40.3 Å². The van der Waals surface area contributed by atoms with Gasteiger partial charge in [0.2, 0.25) is 15.9 Å². The first-order valence-electron chi connectivity index (χ1n) is 9.09. The van der Waals surface area contributed by atoms with Gasteiger partial charge in [-0.3, -0.25) is 9.10 Å². The summed E-state index contributed by atoms with van der Waals surface area (Å²) >= 11 is 0. The molecule has 0 unspecified atom stereocenters. The minimum atomic E-state index is -3.59. The van der Waals surface area contributed by atoms with Crippen LogP contribution in [0.5, 0.6) is 5.75 Å². The number of carbonyl (C=O) groups excluding carboxylic acids is 1. The van der Waals surface area contributed by atoms with Gasteiger partial charge in [0.15, 0.2) is 0 Å². The van der Waals surface area contributed by atoms with Gasteiger partial charge in [0, 0.05) is 0 Å². The second-order valence-corrected chi connectivity index (χ2v) is 8.92. The molecule has 0 aliphatic heterocycles. The second kappa shape index (κ2) is 9.10. The molecule has 6 nitrogen and oxygen atoms in total. The first-order valence-corrected chi connectivity index (χ1v) is 10.9. The molecule has 1 N–H and O–H groups in total. The minimum absolute atomic E-state index is 0.273. The van der Waals surface area contributed by atoms with E-state index in [0.717, 1.165) is 38.6 Å². The first-order chi connectivity index (χ1) is 13.1. The Balaban J connectivity index is 1.96. The van der Waals surface area contributed by atoms with Crippen LogP contribution in [0, 0.1) is 27.7 Å². The molecule has 0 radical (unpaired) electrons. The predicted octanol–water partition coefficient (Wildman–Crippen LogP) is 2.88. The Labute approximate surface area is 167 Å². The third kappa shape index (κ3) is 5.99. The number of aryl methyl sites for hydroxylation is 3. The number of carbonyl (C=O) groups is 1. The Morgan fingerprint density at radius 1 is 1.07 bits per heavy atom. The molecule has 0 aliphatic carbocycles. The molecule has 2 aromatic rings. The topological polar surface area (TPSA) is 75.7 Å². The molecule has 0 saturated heterocycles. The molecule has 7 heteroatoms. The van der Waals surface area contributed by atoms with Crippen LogP contribution >= 0.6 is 0 Å². The van der Waals surface area contributed by atoms with Crippen molar-refractivity contribution in [2.45, 2.75) is 27.7 Å². The number of ether oxygens (including phenoxy) is 1. The zero-order chi connectivity index (χ0) is 20.9. The summed E-state index contributed by atoms with van der Waals surface area (Å²) in [5.41, 5.74) is 4.56. The fourth-order valence-corrected chi connectivity index (χ4v) is 3.75. The number of hydrogen-bond acceptors (Lipinski definition) is 4. The lowest BCUT2D eigenvalue weighted by molar-refractivity contribution is -0.119. The smallest absolute Gasteiger partial charge is 0.240 e. The van der Waals surface area contributed by atoms with Crippen molar-refractivity contribution < 1.29 is 17.9 Å².